The number of carbonyl (C=O) groups is 2. The summed E-state index contributed by atoms with van der Waals surface area (Å²) in [5.74, 6) is -0.858. The molecule has 1 aliphatic rings. The fraction of sp³-hybridized carbons (Fsp3) is 0.867. The third kappa shape index (κ3) is 5.12. The highest BCUT2D eigenvalue weighted by molar-refractivity contribution is 5.81. The number of carbonyl (C=O) groups excluding carboxylic acids is 1. The predicted molar refractivity (Wildman–Crippen MR) is 78.5 cm³/mol. The number of nitrogens with one attached hydrogen (secondary N) is 2. The highest BCUT2D eigenvalue weighted by Crippen LogP contribution is 2.24. The van der Waals surface area contributed by atoms with E-state index in [9.17, 15) is 9.59 Å². The summed E-state index contributed by atoms with van der Waals surface area (Å²) in [5, 5.41) is 15.3. The number of rotatable bonds is 7. The van der Waals surface area contributed by atoms with Crippen molar-refractivity contribution in [2.45, 2.75) is 77.4 Å². The molecular weight excluding hydrogens is 256 g/mol. The summed E-state index contributed by atoms with van der Waals surface area (Å²) < 4.78 is 0. The average Bonchev–Trinajstić information content (AvgIpc) is 2.44. The van der Waals surface area contributed by atoms with Gasteiger partial charge < -0.3 is 15.7 Å². The Bertz CT molecular complexity index is 321. The molecule has 1 fully saturated rings. The van der Waals surface area contributed by atoms with Gasteiger partial charge in [0.25, 0.3) is 0 Å². The van der Waals surface area contributed by atoms with Crippen molar-refractivity contribution in [3.8, 4) is 0 Å². The first kappa shape index (κ1) is 17.0. The van der Waals surface area contributed by atoms with Gasteiger partial charge in [0.15, 0.2) is 0 Å². The minimum absolute atomic E-state index is 0.0408. The van der Waals surface area contributed by atoms with Gasteiger partial charge in [-0.2, -0.15) is 0 Å². The Hall–Kier alpha value is -1.10. The maximum Gasteiger partial charge on any atom is 0.306 e. The first-order valence-corrected chi connectivity index (χ1v) is 7.77. The van der Waals surface area contributed by atoms with Gasteiger partial charge in [0.2, 0.25) is 5.91 Å². The van der Waals surface area contributed by atoms with Crippen molar-refractivity contribution in [2.75, 3.05) is 0 Å². The Morgan fingerprint density at radius 1 is 1.15 bits per heavy atom. The molecule has 0 aromatic heterocycles. The number of hydrogen-bond donors (Lipinski definition) is 3. The Balaban J connectivity index is 2.34. The first-order valence-electron chi connectivity index (χ1n) is 7.77. The lowest BCUT2D eigenvalue weighted by Crippen LogP contribution is -2.50. The van der Waals surface area contributed by atoms with Crippen LogP contribution in [-0.2, 0) is 9.59 Å². The maximum absolute atomic E-state index is 12.0. The fourth-order valence-corrected chi connectivity index (χ4v) is 2.76. The number of amides is 1. The lowest BCUT2D eigenvalue weighted by atomic mass is 9.86. The van der Waals surface area contributed by atoms with Gasteiger partial charge in [-0.05, 0) is 45.4 Å². The fourth-order valence-electron chi connectivity index (χ4n) is 2.76. The number of hydrogen-bond acceptors (Lipinski definition) is 3. The molecule has 1 atom stereocenters. The van der Waals surface area contributed by atoms with Crippen LogP contribution in [0.4, 0.5) is 0 Å². The predicted octanol–water partition coefficient (Wildman–Crippen LogP) is 1.91. The van der Waals surface area contributed by atoms with Crippen LogP contribution >= 0.6 is 0 Å². The van der Waals surface area contributed by atoms with Gasteiger partial charge in [0.05, 0.1) is 12.0 Å². The molecule has 0 heterocycles. The molecule has 0 saturated heterocycles. The van der Waals surface area contributed by atoms with E-state index in [0.717, 1.165) is 25.7 Å². The van der Waals surface area contributed by atoms with E-state index in [-0.39, 0.29) is 30.0 Å². The quantitative estimate of drug-likeness (QED) is 0.667. The topological polar surface area (TPSA) is 78.4 Å². The SMILES string of the molecule is CCC(CC)NC(=O)C(C)NC1CCC(C(=O)O)CC1. The van der Waals surface area contributed by atoms with Crippen LogP contribution in [0.1, 0.15) is 59.3 Å². The largest absolute Gasteiger partial charge is 0.481 e. The zero-order valence-corrected chi connectivity index (χ0v) is 12.8. The second kappa shape index (κ2) is 8.25. The van der Waals surface area contributed by atoms with Crippen LogP contribution in [-0.4, -0.2) is 35.1 Å². The second-order valence-electron chi connectivity index (χ2n) is 5.80. The summed E-state index contributed by atoms with van der Waals surface area (Å²) in [4.78, 5) is 22.9. The van der Waals surface area contributed by atoms with E-state index in [0.29, 0.717) is 12.8 Å². The monoisotopic (exact) mass is 284 g/mol. The summed E-state index contributed by atoms with van der Waals surface area (Å²) in [6.45, 7) is 6.01. The minimum atomic E-state index is -0.692. The van der Waals surface area contributed by atoms with Crippen LogP contribution in [0.5, 0.6) is 0 Å². The molecule has 1 saturated carbocycles. The van der Waals surface area contributed by atoms with Crippen LogP contribution in [0.3, 0.4) is 0 Å². The summed E-state index contributed by atoms with van der Waals surface area (Å²) in [7, 11) is 0. The van der Waals surface area contributed by atoms with Crippen LogP contribution in [0, 0.1) is 5.92 Å². The Labute approximate surface area is 121 Å². The molecule has 1 unspecified atom stereocenters. The Kier molecular flexibility index (Phi) is 6.99. The molecule has 0 bridgehead atoms. The summed E-state index contributed by atoms with van der Waals surface area (Å²) in [6.07, 6.45) is 4.96. The Morgan fingerprint density at radius 3 is 2.15 bits per heavy atom. The highest BCUT2D eigenvalue weighted by atomic mass is 16.4. The molecule has 0 radical (unpaired) electrons. The van der Waals surface area contributed by atoms with Gasteiger partial charge in [-0.25, -0.2) is 0 Å². The number of aliphatic carboxylic acids is 1. The van der Waals surface area contributed by atoms with Gasteiger partial charge in [0, 0.05) is 12.1 Å². The third-order valence-corrected chi connectivity index (χ3v) is 4.29. The maximum atomic E-state index is 12.0. The summed E-state index contributed by atoms with van der Waals surface area (Å²) in [6, 6.07) is 0.282. The minimum Gasteiger partial charge on any atom is -0.481 e. The third-order valence-electron chi connectivity index (χ3n) is 4.29. The summed E-state index contributed by atoms with van der Waals surface area (Å²) in [5.41, 5.74) is 0. The highest BCUT2D eigenvalue weighted by Gasteiger charge is 2.27. The van der Waals surface area contributed by atoms with E-state index < -0.39 is 5.97 Å². The van der Waals surface area contributed by atoms with E-state index in [1.54, 1.807) is 0 Å². The van der Waals surface area contributed by atoms with Crippen LogP contribution in [0.2, 0.25) is 0 Å². The molecule has 20 heavy (non-hydrogen) atoms. The van der Waals surface area contributed by atoms with Crippen LogP contribution < -0.4 is 10.6 Å². The van der Waals surface area contributed by atoms with Crippen molar-refractivity contribution in [3.05, 3.63) is 0 Å². The van der Waals surface area contributed by atoms with Crippen molar-refractivity contribution in [1.29, 1.82) is 0 Å². The van der Waals surface area contributed by atoms with Gasteiger partial charge in [-0.1, -0.05) is 13.8 Å². The lowest BCUT2D eigenvalue weighted by molar-refractivity contribution is -0.143. The molecule has 5 nitrogen and oxygen atoms in total. The number of carboxylic acids is 1. The lowest BCUT2D eigenvalue weighted by Gasteiger charge is -2.29. The van der Waals surface area contributed by atoms with Gasteiger partial charge in [-0.3, -0.25) is 9.59 Å². The van der Waals surface area contributed by atoms with Crippen molar-refractivity contribution in [1.82, 2.24) is 10.6 Å². The smallest absolute Gasteiger partial charge is 0.306 e. The molecule has 1 amide bonds. The standard InChI is InChI=1S/C15H28N2O3/c1-4-12(5-2)17-14(18)10(3)16-13-8-6-11(7-9-13)15(19)20/h10-13,16H,4-9H2,1-3H3,(H,17,18)(H,19,20). The van der Waals surface area contributed by atoms with Crippen molar-refractivity contribution in [3.63, 3.8) is 0 Å². The van der Waals surface area contributed by atoms with E-state index in [4.69, 9.17) is 5.11 Å². The zero-order valence-electron chi connectivity index (χ0n) is 12.8. The van der Waals surface area contributed by atoms with E-state index >= 15 is 0 Å². The normalized spacial score (nSPS) is 24.4. The molecular formula is C15H28N2O3. The van der Waals surface area contributed by atoms with Crippen LogP contribution in [0.15, 0.2) is 0 Å². The molecule has 116 valence electrons. The average molecular weight is 284 g/mol. The first-order chi connectivity index (χ1) is 9.47. The van der Waals surface area contributed by atoms with Crippen molar-refractivity contribution < 1.29 is 14.7 Å². The van der Waals surface area contributed by atoms with Gasteiger partial charge in [0.1, 0.15) is 0 Å². The molecule has 3 N–H and O–H groups in total. The Morgan fingerprint density at radius 2 is 1.70 bits per heavy atom. The van der Waals surface area contributed by atoms with Gasteiger partial charge >= 0.3 is 5.97 Å². The van der Waals surface area contributed by atoms with E-state index in [1.165, 1.54) is 0 Å². The zero-order chi connectivity index (χ0) is 15.1. The molecule has 1 rings (SSSR count). The molecule has 0 aliphatic heterocycles. The van der Waals surface area contributed by atoms with Crippen LogP contribution in [0.25, 0.3) is 0 Å². The van der Waals surface area contributed by atoms with E-state index in [2.05, 4.69) is 24.5 Å². The second-order valence-corrected chi connectivity index (χ2v) is 5.80. The van der Waals surface area contributed by atoms with Crippen molar-refractivity contribution in [2.24, 2.45) is 5.92 Å². The molecule has 0 aromatic rings. The molecule has 5 heteroatoms. The number of carboxylic acid groups (broad SMARTS) is 1. The van der Waals surface area contributed by atoms with Crippen molar-refractivity contribution >= 4 is 11.9 Å². The molecule has 0 spiro atoms. The van der Waals surface area contributed by atoms with E-state index in [1.807, 2.05) is 6.92 Å². The summed E-state index contributed by atoms with van der Waals surface area (Å²) >= 11 is 0. The van der Waals surface area contributed by atoms with Gasteiger partial charge in [-0.15, -0.1) is 0 Å². The molecule has 0 aromatic carbocycles. The molecule has 1 aliphatic carbocycles.